The maximum absolute atomic E-state index is 12.9. The third kappa shape index (κ3) is 5.18. The van der Waals surface area contributed by atoms with Crippen LogP contribution in [-0.2, 0) is 14.8 Å². The summed E-state index contributed by atoms with van der Waals surface area (Å²) in [5.74, 6) is 0.352. The second-order valence-electron chi connectivity index (χ2n) is 7.30. The maximum Gasteiger partial charge on any atom is 0.252 e. The van der Waals surface area contributed by atoms with E-state index in [0.717, 1.165) is 16.2 Å². The van der Waals surface area contributed by atoms with Crippen LogP contribution in [0.15, 0.2) is 40.6 Å². The highest BCUT2D eigenvalue weighted by Crippen LogP contribution is 2.28. The Kier molecular flexibility index (Phi) is 6.97. The lowest BCUT2D eigenvalue weighted by Crippen LogP contribution is -2.45. The molecule has 0 spiro atoms. The van der Waals surface area contributed by atoms with Crippen LogP contribution in [0.5, 0.6) is 5.75 Å². The van der Waals surface area contributed by atoms with E-state index in [-0.39, 0.29) is 24.4 Å². The van der Waals surface area contributed by atoms with Crippen LogP contribution in [-0.4, -0.2) is 38.3 Å². The van der Waals surface area contributed by atoms with Gasteiger partial charge in [0, 0.05) is 18.0 Å². The fourth-order valence-corrected chi connectivity index (χ4v) is 6.45. The van der Waals surface area contributed by atoms with Gasteiger partial charge in [-0.15, -0.1) is 11.3 Å². The lowest BCUT2D eigenvalue weighted by atomic mass is 9.98. The van der Waals surface area contributed by atoms with Crippen molar-refractivity contribution in [2.75, 3.05) is 19.7 Å². The molecule has 0 saturated carbocycles. The van der Waals surface area contributed by atoms with Crippen molar-refractivity contribution in [3.63, 3.8) is 0 Å². The molecule has 2 heterocycles. The number of nitrogens with one attached hydrogen (secondary N) is 1. The van der Waals surface area contributed by atoms with Crippen LogP contribution in [0.4, 0.5) is 0 Å². The van der Waals surface area contributed by atoms with Gasteiger partial charge in [0.15, 0.2) is 0 Å². The smallest absolute Gasteiger partial charge is 0.252 e. The second-order valence-corrected chi connectivity index (χ2v) is 10.8. The van der Waals surface area contributed by atoms with Crippen LogP contribution in [0.1, 0.15) is 43.2 Å². The molecule has 3 rings (SSSR count). The normalized spacial score (nSPS) is 18.9. The van der Waals surface area contributed by atoms with Gasteiger partial charge in [-0.3, -0.25) is 4.79 Å². The van der Waals surface area contributed by atoms with Gasteiger partial charge in [-0.25, -0.2) is 8.42 Å². The molecule has 0 radical (unpaired) electrons. The highest BCUT2D eigenvalue weighted by atomic mass is 32.2. The van der Waals surface area contributed by atoms with E-state index in [1.165, 1.54) is 15.6 Å². The van der Waals surface area contributed by atoms with Crippen LogP contribution >= 0.6 is 11.3 Å². The quantitative estimate of drug-likeness (QED) is 0.718. The maximum atomic E-state index is 12.9. The number of ether oxygens (including phenoxy) is 1. The molecule has 0 unspecified atom stereocenters. The minimum atomic E-state index is -3.54. The summed E-state index contributed by atoms with van der Waals surface area (Å²) in [7, 11) is -3.54. The number of nitrogens with zero attached hydrogens (tertiary/aromatic N) is 1. The minimum absolute atomic E-state index is 0.103. The van der Waals surface area contributed by atoms with Gasteiger partial charge < -0.3 is 10.1 Å². The van der Waals surface area contributed by atoms with Crippen molar-refractivity contribution < 1.29 is 17.9 Å². The molecular weight excluding hydrogens is 408 g/mol. The monoisotopic (exact) mass is 436 g/mol. The molecule has 8 heteroatoms. The predicted molar refractivity (Wildman–Crippen MR) is 115 cm³/mol. The zero-order valence-corrected chi connectivity index (χ0v) is 18.7. The van der Waals surface area contributed by atoms with Gasteiger partial charge in [0.2, 0.25) is 5.91 Å². The number of carbonyl (C=O) groups excluding carboxylic acids is 1. The first-order valence-electron chi connectivity index (χ1n) is 9.91. The van der Waals surface area contributed by atoms with Gasteiger partial charge in [-0.2, -0.15) is 4.31 Å². The zero-order chi connectivity index (χ0) is 21.0. The first kappa shape index (κ1) is 21.8. The van der Waals surface area contributed by atoms with Gasteiger partial charge in [-0.05, 0) is 63.4 Å². The van der Waals surface area contributed by atoms with Crippen LogP contribution < -0.4 is 10.1 Å². The van der Waals surface area contributed by atoms with E-state index in [4.69, 9.17) is 4.74 Å². The largest absolute Gasteiger partial charge is 0.494 e. The van der Waals surface area contributed by atoms with E-state index in [9.17, 15) is 13.2 Å². The predicted octanol–water partition coefficient (Wildman–Crippen LogP) is 3.73. The number of aryl methyl sites for hydroxylation is 1. The number of carbonyl (C=O) groups is 1. The van der Waals surface area contributed by atoms with Gasteiger partial charge in [-0.1, -0.05) is 12.1 Å². The molecule has 1 aromatic carbocycles. The van der Waals surface area contributed by atoms with Crippen LogP contribution in [0, 0.1) is 12.8 Å². The molecule has 0 bridgehead atoms. The number of rotatable bonds is 7. The Balaban J connectivity index is 1.63. The van der Waals surface area contributed by atoms with Crippen molar-refractivity contribution in [1.29, 1.82) is 0 Å². The van der Waals surface area contributed by atoms with Crippen LogP contribution in [0.25, 0.3) is 0 Å². The number of sulfonamides is 1. The van der Waals surface area contributed by atoms with Crippen molar-refractivity contribution in [1.82, 2.24) is 9.62 Å². The Morgan fingerprint density at radius 2 is 2.00 bits per heavy atom. The summed E-state index contributed by atoms with van der Waals surface area (Å²) < 4.78 is 33.0. The highest BCUT2D eigenvalue weighted by molar-refractivity contribution is 7.91. The number of amides is 1. The molecule has 2 atom stereocenters. The lowest BCUT2D eigenvalue weighted by molar-refractivity contribution is -0.126. The number of hydrogen-bond acceptors (Lipinski definition) is 5. The minimum Gasteiger partial charge on any atom is -0.494 e. The first-order chi connectivity index (χ1) is 13.8. The van der Waals surface area contributed by atoms with Crippen LogP contribution in [0.2, 0.25) is 0 Å². The third-order valence-electron chi connectivity index (χ3n) is 5.11. The standard InChI is InChI=1S/C21H28N2O4S2/c1-4-27-19-10-8-17(9-11-19)16(3)22-21(24)18-6-5-13-23(14-18)29(25,26)20-12-7-15(2)28-20/h7-12,16,18H,4-6,13-14H2,1-3H3,(H,22,24)/t16-,18+/m0/s1. The molecule has 1 aromatic heterocycles. The molecule has 29 heavy (non-hydrogen) atoms. The molecule has 1 saturated heterocycles. The zero-order valence-electron chi connectivity index (χ0n) is 17.1. The van der Waals surface area contributed by atoms with E-state index >= 15 is 0 Å². The number of hydrogen-bond donors (Lipinski definition) is 1. The Morgan fingerprint density at radius 1 is 1.28 bits per heavy atom. The fraction of sp³-hybridized carbons (Fsp3) is 0.476. The first-order valence-corrected chi connectivity index (χ1v) is 12.2. The average Bonchev–Trinajstić information content (AvgIpc) is 3.16. The van der Waals surface area contributed by atoms with E-state index in [2.05, 4.69) is 5.32 Å². The van der Waals surface area contributed by atoms with E-state index in [1.54, 1.807) is 6.07 Å². The van der Waals surface area contributed by atoms with Crippen molar-refractivity contribution in [2.24, 2.45) is 5.92 Å². The van der Waals surface area contributed by atoms with E-state index in [1.807, 2.05) is 51.1 Å². The number of benzene rings is 1. The summed E-state index contributed by atoms with van der Waals surface area (Å²) in [5.41, 5.74) is 0.983. The highest BCUT2D eigenvalue weighted by Gasteiger charge is 2.34. The molecule has 0 aliphatic carbocycles. The van der Waals surface area contributed by atoms with Crippen molar-refractivity contribution in [3.8, 4) is 5.75 Å². The van der Waals surface area contributed by atoms with Gasteiger partial charge in [0.25, 0.3) is 10.0 Å². The summed E-state index contributed by atoms with van der Waals surface area (Å²) in [6.07, 6.45) is 1.37. The van der Waals surface area contributed by atoms with Crippen molar-refractivity contribution in [3.05, 3.63) is 46.8 Å². The lowest BCUT2D eigenvalue weighted by Gasteiger charge is -2.31. The molecule has 1 amide bonds. The van der Waals surface area contributed by atoms with Gasteiger partial charge >= 0.3 is 0 Å². The van der Waals surface area contributed by atoms with E-state index < -0.39 is 10.0 Å². The van der Waals surface area contributed by atoms with Gasteiger partial charge in [0.05, 0.1) is 18.6 Å². The summed E-state index contributed by atoms with van der Waals surface area (Å²) in [4.78, 5) is 13.8. The van der Waals surface area contributed by atoms with Gasteiger partial charge in [0.1, 0.15) is 9.96 Å². The summed E-state index contributed by atoms with van der Waals surface area (Å²) in [6.45, 7) is 7.04. The Hall–Kier alpha value is -1.90. The average molecular weight is 437 g/mol. The SMILES string of the molecule is CCOc1ccc([C@H](C)NC(=O)[C@@H]2CCCN(S(=O)(=O)c3ccc(C)s3)C2)cc1. The topological polar surface area (TPSA) is 75.7 Å². The third-order valence-corrected chi connectivity index (χ3v) is 8.45. The van der Waals surface area contributed by atoms with E-state index in [0.29, 0.717) is 30.2 Å². The summed E-state index contributed by atoms with van der Waals surface area (Å²) >= 11 is 1.27. The Bertz CT molecular complexity index is 938. The fourth-order valence-electron chi connectivity index (χ4n) is 3.49. The Morgan fingerprint density at radius 3 is 2.62 bits per heavy atom. The molecular formula is C21H28N2O4S2. The molecule has 6 nitrogen and oxygen atoms in total. The molecule has 1 aliphatic rings. The van der Waals surface area contributed by atoms with Crippen molar-refractivity contribution >= 4 is 27.3 Å². The number of thiophene rings is 1. The Labute approximate surface area is 176 Å². The number of piperidine rings is 1. The summed E-state index contributed by atoms with van der Waals surface area (Å²) in [5, 5.41) is 3.03. The second kappa shape index (κ2) is 9.28. The molecule has 1 aliphatic heterocycles. The van der Waals surface area contributed by atoms with Crippen LogP contribution in [0.3, 0.4) is 0 Å². The molecule has 1 fully saturated rings. The molecule has 2 aromatic rings. The molecule has 158 valence electrons. The molecule has 1 N–H and O–H groups in total. The van der Waals surface area contributed by atoms with Crippen molar-refractivity contribution in [2.45, 2.75) is 43.9 Å². The summed E-state index contributed by atoms with van der Waals surface area (Å²) in [6, 6.07) is 10.9.